The summed E-state index contributed by atoms with van der Waals surface area (Å²) in [7, 11) is 0. The summed E-state index contributed by atoms with van der Waals surface area (Å²) in [5.41, 5.74) is 7.43. The number of anilines is 1. The molecule has 0 spiro atoms. The predicted molar refractivity (Wildman–Crippen MR) is 167 cm³/mol. The van der Waals surface area contributed by atoms with Crippen LogP contribution in [0, 0.1) is 13.8 Å². The summed E-state index contributed by atoms with van der Waals surface area (Å²) in [6.45, 7) is 13.8. The summed E-state index contributed by atoms with van der Waals surface area (Å²) in [6.07, 6.45) is 7.55. The van der Waals surface area contributed by atoms with Crippen LogP contribution in [0.25, 0.3) is 10.9 Å². The number of para-hydroxylation sites is 1. The Morgan fingerprint density at radius 2 is 1.45 bits per heavy atom. The van der Waals surface area contributed by atoms with Crippen molar-refractivity contribution in [1.29, 1.82) is 0 Å². The maximum absolute atomic E-state index is 13.6. The Kier molecular flexibility index (Phi) is 8.35. The summed E-state index contributed by atoms with van der Waals surface area (Å²) in [5, 5.41) is 1.16. The second-order valence-electron chi connectivity index (χ2n) is 11.1. The largest absolute Gasteiger partial charge is 0.440 e. The van der Waals surface area contributed by atoms with E-state index in [0.29, 0.717) is 5.56 Å². The Labute approximate surface area is 240 Å². The average Bonchev–Trinajstić information content (AvgIpc) is 3.43. The molecule has 4 aromatic rings. The maximum atomic E-state index is 13.6. The minimum absolute atomic E-state index is 0.254. The van der Waals surface area contributed by atoms with E-state index >= 15 is 0 Å². The van der Waals surface area contributed by atoms with E-state index in [1.807, 2.05) is 18.2 Å². The molecule has 3 aromatic carbocycles. The molecule has 0 saturated heterocycles. The van der Waals surface area contributed by atoms with Gasteiger partial charge >= 0.3 is 5.97 Å². The van der Waals surface area contributed by atoms with Crippen molar-refractivity contribution in [1.82, 2.24) is 4.57 Å². The third kappa shape index (κ3) is 4.62. The molecule has 1 aromatic heterocycles. The third-order valence-electron chi connectivity index (χ3n) is 8.88. The van der Waals surface area contributed by atoms with Gasteiger partial charge in [0.25, 0.3) is 0 Å². The van der Waals surface area contributed by atoms with E-state index in [9.17, 15) is 4.79 Å². The van der Waals surface area contributed by atoms with E-state index in [4.69, 9.17) is 4.74 Å². The van der Waals surface area contributed by atoms with Gasteiger partial charge in [-0.05, 0) is 57.9 Å². The van der Waals surface area contributed by atoms with Crippen LogP contribution in [-0.4, -0.2) is 23.6 Å². The lowest BCUT2D eigenvalue weighted by molar-refractivity contribution is 0.0252. The number of carbonyl (C=O) groups excluding carboxylic acids is 1. The van der Waals surface area contributed by atoms with Gasteiger partial charge in [-0.25, -0.2) is 4.79 Å². The number of benzene rings is 3. The second kappa shape index (κ2) is 11.9. The summed E-state index contributed by atoms with van der Waals surface area (Å²) in [4.78, 5) is 16.0. The van der Waals surface area contributed by atoms with Crippen molar-refractivity contribution < 1.29 is 9.53 Å². The standard InChI is InChI=1S/C36H44N2O2/c1-6-9-10-11-12-17-25-38-27(5)34(29-20-14-16-23-33(29)38)36(31-21-15-13-19-28(31)35(39)40-36)30-22-18-24-32(26(30)4)37(7-2)8-3/h13-16,18-24H,6-12,17,25H2,1-5H3. The minimum atomic E-state index is -1.02. The van der Waals surface area contributed by atoms with Gasteiger partial charge in [-0.3, -0.25) is 0 Å². The molecule has 5 rings (SSSR count). The Hall–Kier alpha value is -3.53. The number of hydrogen-bond donors (Lipinski definition) is 0. The first-order valence-corrected chi connectivity index (χ1v) is 15.3. The molecular formula is C36H44N2O2. The number of aromatic nitrogens is 1. The van der Waals surface area contributed by atoms with Crippen LogP contribution >= 0.6 is 0 Å². The van der Waals surface area contributed by atoms with E-state index in [2.05, 4.69) is 92.6 Å². The molecule has 0 fully saturated rings. The van der Waals surface area contributed by atoms with E-state index < -0.39 is 5.60 Å². The van der Waals surface area contributed by atoms with Gasteiger partial charge in [0.15, 0.2) is 5.60 Å². The Balaban J connectivity index is 1.74. The van der Waals surface area contributed by atoms with Gasteiger partial charge in [-0.2, -0.15) is 0 Å². The van der Waals surface area contributed by atoms with Crippen molar-refractivity contribution >= 4 is 22.6 Å². The summed E-state index contributed by atoms with van der Waals surface area (Å²) < 4.78 is 9.14. The highest BCUT2D eigenvalue weighted by Crippen LogP contribution is 2.52. The predicted octanol–water partition coefficient (Wildman–Crippen LogP) is 8.93. The summed E-state index contributed by atoms with van der Waals surface area (Å²) >= 11 is 0. The molecule has 0 N–H and O–H groups in total. The molecule has 4 heteroatoms. The number of unbranched alkanes of at least 4 members (excludes halogenated alkanes) is 5. The molecule has 2 heterocycles. The van der Waals surface area contributed by atoms with E-state index in [-0.39, 0.29) is 5.97 Å². The number of fused-ring (bicyclic) bond motifs is 2. The SMILES string of the molecule is CCCCCCCCn1c(C)c(C2(c3cccc(N(CC)CC)c3C)OC(=O)c3ccccc32)c2ccccc21. The number of aryl methyl sites for hydroxylation is 1. The second-order valence-corrected chi connectivity index (χ2v) is 11.1. The highest BCUT2D eigenvalue weighted by molar-refractivity contribution is 5.99. The lowest BCUT2D eigenvalue weighted by Gasteiger charge is -2.34. The van der Waals surface area contributed by atoms with Crippen LogP contribution in [0.1, 0.15) is 97.6 Å². The van der Waals surface area contributed by atoms with Gasteiger partial charge in [-0.1, -0.05) is 87.6 Å². The summed E-state index contributed by atoms with van der Waals surface area (Å²) in [6, 6.07) is 23.1. The number of ether oxygens (including phenoxy) is 1. The fourth-order valence-corrected chi connectivity index (χ4v) is 6.86. The van der Waals surface area contributed by atoms with Gasteiger partial charge in [0.2, 0.25) is 0 Å². The molecule has 1 atom stereocenters. The number of hydrogen-bond acceptors (Lipinski definition) is 3. The van der Waals surface area contributed by atoms with Crippen LogP contribution in [0.4, 0.5) is 5.69 Å². The number of cyclic esters (lactones) is 1. The minimum Gasteiger partial charge on any atom is -0.440 e. The first-order valence-electron chi connectivity index (χ1n) is 15.3. The topological polar surface area (TPSA) is 34.5 Å². The van der Waals surface area contributed by atoms with Crippen LogP contribution in [-0.2, 0) is 16.9 Å². The molecule has 0 saturated carbocycles. The highest BCUT2D eigenvalue weighted by atomic mass is 16.6. The normalized spacial score (nSPS) is 16.4. The van der Waals surface area contributed by atoms with Gasteiger partial charge in [0.05, 0.1) is 5.56 Å². The molecule has 40 heavy (non-hydrogen) atoms. The zero-order valence-electron chi connectivity index (χ0n) is 24.9. The molecule has 0 radical (unpaired) electrons. The van der Waals surface area contributed by atoms with Crippen LogP contribution < -0.4 is 4.90 Å². The number of nitrogens with zero attached hydrogens (tertiary/aromatic N) is 2. The molecule has 1 aliphatic rings. The molecule has 210 valence electrons. The molecular weight excluding hydrogens is 492 g/mol. The van der Waals surface area contributed by atoms with Gasteiger partial charge in [-0.15, -0.1) is 0 Å². The van der Waals surface area contributed by atoms with Crippen molar-refractivity contribution in [3.63, 3.8) is 0 Å². The van der Waals surface area contributed by atoms with Crippen LogP contribution in [0.2, 0.25) is 0 Å². The zero-order chi connectivity index (χ0) is 28.3. The van der Waals surface area contributed by atoms with Crippen LogP contribution in [0.15, 0.2) is 66.7 Å². The van der Waals surface area contributed by atoms with Crippen molar-refractivity contribution in [2.45, 2.75) is 85.3 Å². The average molecular weight is 537 g/mol. The fraction of sp³-hybridized carbons (Fsp3) is 0.417. The fourth-order valence-electron chi connectivity index (χ4n) is 6.86. The Morgan fingerprint density at radius 1 is 0.775 bits per heavy atom. The smallest absolute Gasteiger partial charge is 0.340 e. The zero-order valence-corrected chi connectivity index (χ0v) is 24.9. The van der Waals surface area contributed by atoms with Crippen molar-refractivity contribution in [2.75, 3.05) is 18.0 Å². The van der Waals surface area contributed by atoms with Gasteiger partial charge in [0.1, 0.15) is 0 Å². The first kappa shape index (κ1) is 28.0. The monoisotopic (exact) mass is 536 g/mol. The molecule has 0 aliphatic carbocycles. The Morgan fingerprint density at radius 3 is 2.23 bits per heavy atom. The molecule has 1 aliphatic heterocycles. The maximum Gasteiger partial charge on any atom is 0.340 e. The van der Waals surface area contributed by atoms with Gasteiger partial charge in [0, 0.05) is 58.6 Å². The number of rotatable bonds is 12. The number of carbonyl (C=O) groups is 1. The van der Waals surface area contributed by atoms with Crippen molar-refractivity contribution in [3.05, 3.63) is 100 Å². The van der Waals surface area contributed by atoms with Crippen molar-refractivity contribution in [2.24, 2.45) is 0 Å². The van der Waals surface area contributed by atoms with E-state index in [1.54, 1.807) is 0 Å². The Bertz CT molecular complexity index is 1500. The van der Waals surface area contributed by atoms with Crippen LogP contribution in [0.3, 0.4) is 0 Å². The first-order chi connectivity index (χ1) is 19.5. The van der Waals surface area contributed by atoms with Gasteiger partial charge < -0.3 is 14.2 Å². The third-order valence-corrected chi connectivity index (χ3v) is 8.88. The quantitative estimate of drug-likeness (QED) is 0.134. The lowest BCUT2D eigenvalue weighted by atomic mass is 9.76. The molecule has 0 bridgehead atoms. The van der Waals surface area contributed by atoms with Crippen molar-refractivity contribution in [3.8, 4) is 0 Å². The molecule has 1 unspecified atom stereocenters. The lowest BCUT2D eigenvalue weighted by Crippen LogP contribution is -2.32. The molecule has 0 amide bonds. The summed E-state index contributed by atoms with van der Waals surface area (Å²) in [5.74, 6) is -0.254. The van der Waals surface area contributed by atoms with E-state index in [1.165, 1.54) is 49.0 Å². The highest BCUT2D eigenvalue weighted by Gasteiger charge is 2.51. The molecule has 4 nitrogen and oxygen atoms in total. The van der Waals surface area contributed by atoms with Crippen LogP contribution in [0.5, 0.6) is 0 Å². The number of esters is 1. The van der Waals surface area contributed by atoms with E-state index in [0.717, 1.165) is 53.7 Å².